The Bertz CT molecular complexity index is 1130. The summed E-state index contributed by atoms with van der Waals surface area (Å²) >= 11 is 5.67. The van der Waals surface area contributed by atoms with E-state index in [0.29, 0.717) is 18.1 Å². The third kappa shape index (κ3) is 6.10. The van der Waals surface area contributed by atoms with Crippen molar-refractivity contribution in [2.45, 2.75) is 20.3 Å². The van der Waals surface area contributed by atoms with Gasteiger partial charge in [-0.2, -0.15) is 10.1 Å². The second-order valence-corrected chi connectivity index (χ2v) is 7.65. The summed E-state index contributed by atoms with van der Waals surface area (Å²) in [5.41, 5.74) is 0.556. The number of aromatic nitrogens is 2. The van der Waals surface area contributed by atoms with E-state index in [1.807, 2.05) is 13.8 Å². The first-order valence-electron chi connectivity index (χ1n) is 9.86. The molecule has 3 N–H and O–H groups in total. The third-order valence-electron chi connectivity index (χ3n) is 4.68. The molecule has 6 nitrogen and oxygen atoms in total. The summed E-state index contributed by atoms with van der Waals surface area (Å²) in [7, 11) is 0. The zero-order valence-corrected chi connectivity index (χ0v) is 18.1. The Labute approximate surface area is 187 Å². The molecule has 0 spiro atoms. The maximum absolute atomic E-state index is 13.7. The van der Waals surface area contributed by atoms with Crippen LogP contribution in [0.3, 0.4) is 0 Å². The van der Waals surface area contributed by atoms with Crippen LogP contribution in [-0.2, 0) is 0 Å². The summed E-state index contributed by atoms with van der Waals surface area (Å²) in [6.45, 7) is 4.56. The van der Waals surface area contributed by atoms with Crippen molar-refractivity contribution in [3.8, 4) is 11.3 Å². The molecular formula is C22H21ClF3N5O. The zero-order valence-electron chi connectivity index (χ0n) is 17.3. The van der Waals surface area contributed by atoms with Crippen molar-refractivity contribution in [1.29, 1.82) is 0 Å². The molecule has 10 heteroatoms. The zero-order chi connectivity index (χ0) is 23.3. The van der Waals surface area contributed by atoms with Crippen LogP contribution < -0.4 is 10.6 Å². The van der Waals surface area contributed by atoms with E-state index in [1.54, 1.807) is 0 Å². The number of carbonyl (C=O) groups excluding carboxylic acids is 1. The molecule has 0 aliphatic rings. The van der Waals surface area contributed by atoms with Gasteiger partial charge in [0.1, 0.15) is 23.3 Å². The fourth-order valence-electron chi connectivity index (χ4n) is 2.69. The third-order valence-corrected chi connectivity index (χ3v) is 4.99. The average Bonchev–Trinajstić information content (AvgIpc) is 3.21. The second-order valence-electron chi connectivity index (χ2n) is 7.24. The molecule has 0 bridgehead atoms. The van der Waals surface area contributed by atoms with Crippen LogP contribution >= 0.6 is 11.6 Å². The van der Waals surface area contributed by atoms with Gasteiger partial charge in [0.05, 0.1) is 10.7 Å². The molecule has 168 valence electrons. The van der Waals surface area contributed by atoms with Crippen LogP contribution in [0.4, 0.5) is 19.0 Å². The van der Waals surface area contributed by atoms with Crippen molar-refractivity contribution in [1.82, 2.24) is 15.5 Å². The minimum absolute atomic E-state index is 0.0251. The number of hydrogen-bond donors (Lipinski definition) is 3. The lowest BCUT2D eigenvalue weighted by Gasteiger charge is -2.14. The maximum Gasteiger partial charge on any atom is 0.280 e. The minimum atomic E-state index is -0.727. The van der Waals surface area contributed by atoms with Crippen LogP contribution in [-0.4, -0.2) is 28.6 Å². The van der Waals surface area contributed by atoms with E-state index in [4.69, 9.17) is 11.6 Å². The van der Waals surface area contributed by atoms with Gasteiger partial charge in [-0.15, -0.1) is 0 Å². The van der Waals surface area contributed by atoms with E-state index in [1.165, 1.54) is 18.2 Å². The van der Waals surface area contributed by atoms with Gasteiger partial charge in [-0.25, -0.2) is 13.2 Å². The SMILES string of the molecule is CCC(C)CN/C(=N/C(=O)c1ccc(Cl)c(F)c1)Nc1cc(-c2cc(F)cc(F)c2)n[nH]1. The van der Waals surface area contributed by atoms with E-state index >= 15 is 0 Å². The number of amides is 1. The van der Waals surface area contributed by atoms with Gasteiger partial charge in [-0.05, 0) is 36.2 Å². The summed E-state index contributed by atoms with van der Waals surface area (Å²) in [6, 6.07) is 8.24. The molecule has 1 unspecified atom stereocenters. The number of nitrogens with one attached hydrogen (secondary N) is 3. The number of nitrogens with zero attached hydrogens (tertiary/aromatic N) is 2. The molecule has 1 heterocycles. The lowest BCUT2D eigenvalue weighted by Crippen LogP contribution is -2.35. The second kappa shape index (κ2) is 10.3. The molecule has 0 fully saturated rings. The normalized spacial score (nSPS) is 12.5. The lowest BCUT2D eigenvalue weighted by atomic mass is 10.1. The number of guanidine groups is 1. The van der Waals surface area contributed by atoms with Crippen molar-refractivity contribution < 1.29 is 18.0 Å². The van der Waals surface area contributed by atoms with Crippen molar-refractivity contribution >= 4 is 29.3 Å². The molecule has 1 aromatic heterocycles. The number of H-pyrrole nitrogens is 1. The number of anilines is 1. The molecule has 0 saturated heterocycles. The summed E-state index contributed by atoms with van der Waals surface area (Å²) < 4.78 is 40.7. The van der Waals surface area contributed by atoms with E-state index in [9.17, 15) is 18.0 Å². The van der Waals surface area contributed by atoms with Gasteiger partial charge in [0.2, 0.25) is 5.96 Å². The Hall–Kier alpha value is -3.33. The largest absolute Gasteiger partial charge is 0.355 e. The Morgan fingerprint density at radius 1 is 1.16 bits per heavy atom. The lowest BCUT2D eigenvalue weighted by molar-refractivity contribution is 0.100. The van der Waals surface area contributed by atoms with Crippen LogP contribution in [0.5, 0.6) is 0 Å². The highest BCUT2D eigenvalue weighted by atomic mass is 35.5. The van der Waals surface area contributed by atoms with Gasteiger partial charge in [0.15, 0.2) is 0 Å². The van der Waals surface area contributed by atoms with Gasteiger partial charge in [0, 0.05) is 29.8 Å². The van der Waals surface area contributed by atoms with Crippen LogP contribution in [0.15, 0.2) is 47.5 Å². The summed E-state index contributed by atoms with van der Waals surface area (Å²) in [5, 5.41) is 12.6. The summed E-state index contributed by atoms with van der Waals surface area (Å²) in [5.74, 6) is -2.15. The highest BCUT2D eigenvalue weighted by Gasteiger charge is 2.13. The van der Waals surface area contributed by atoms with Crippen molar-refractivity contribution in [2.24, 2.45) is 10.9 Å². The smallest absolute Gasteiger partial charge is 0.280 e. The van der Waals surface area contributed by atoms with E-state index in [-0.39, 0.29) is 28.0 Å². The molecule has 0 aliphatic carbocycles. The molecule has 0 radical (unpaired) electrons. The van der Waals surface area contributed by atoms with Gasteiger partial charge >= 0.3 is 0 Å². The molecule has 1 atom stereocenters. The summed E-state index contributed by atoms with van der Waals surface area (Å²) in [4.78, 5) is 16.5. The average molecular weight is 464 g/mol. The number of carbonyl (C=O) groups is 1. The Kier molecular flexibility index (Phi) is 7.53. The fourth-order valence-corrected chi connectivity index (χ4v) is 2.80. The molecule has 2 aromatic carbocycles. The Morgan fingerprint density at radius 2 is 1.88 bits per heavy atom. The standard InChI is InChI=1S/C22H21ClF3N5O/c1-3-12(2)11-27-22(29-21(32)13-4-5-17(23)18(26)8-13)28-20-10-19(30-31-20)14-6-15(24)9-16(25)7-14/h4-10,12H,3,11H2,1-2H3,(H3,27,28,29,30,31,32). The predicted octanol–water partition coefficient (Wildman–Crippen LogP) is 5.39. The van der Waals surface area contributed by atoms with Gasteiger partial charge in [-0.3, -0.25) is 9.89 Å². The number of aromatic amines is 1. The highest BCUT2D eigenvalue weighted by Crippen LogP contribution is 2.22. The van der Waals surface area contributed by atoms with Crippen LogP contribution in [0.2, 0.25) is 5.02 Å². The van der Waals surface area contributed by atoms with Crippen LogP contribution in [0, 0.1) is 23.4 Å². The van der Waals surface area contributed by atoms with Crippen molar-refractivity contribution in [3.05, 3.63) is 70.5 Å². The molecule has 0 aliphatic heterocycles. The van der Waals surface area contributed by atoms with Crippen LogP contribution in [0.25, 0.3) is 11.3 Å². The van der Waals surface area contributed by atoms with Gasteiger partial charge in [0.25, 0.3) is 5.91 Å². The molecule has 3 rings (SSSR count). The number of rotatable bonds is 6. The maximum atomic E-state index is 13.7. The first kappa shape index (κ1) is 23.3. The first-order chi connectivity index (χ1) is 15.2. The van der Waals surface area contributed by atoms with Gasteiger partial charge in [-0.1, -0.05) is 31.9 Å². The van der Waals surface area contributed by atoms with Crippen molar-refractivity contribution in [2.75, 3.05) is 11.9 Å². The number of halogens is 4. The molecule has 3 aromatic rings. The minimum Gasteiger partial charge on any atom is -0.355 e. The van der Waals surface area contributed by atoms with E-state index in [2.05, 4.69) is 25.8 Å². The highest BCUT2D eigenvalue weighted by molar-refractivity contribution is 6.30. The molecule has 0 saturated carbocycles. The molecule has 1 amide bonds. The first-order valence-corrected chi connectivity index (χ1v) is 10.2. The van der Waals surface area contributed by atoms with E-state index < -0.39 is 23.4 Å². The monoisotopic (exact) mass is 463 g/mol. The molecular weight excluding hydrogens is 443 g/mol. The van der Waals surface area contributed by atoms with Crippen LogP contribution in [0.1, 0.15) is 30.6 Å². The van der Waals surface area contributed by atoms with Crippen molar-refractivity contribution in [3.63, 3.8) is 0 Å². The predicted molar refractivity (Wildman–Crippen MR) is 118 cm³/mol. The number of benzene rings is 2. The quantitative estimate of drug-likeness (QED) is 0.338. The van der Waals surface area contributed by atoms with E-state index in [0.717, 1.165) is 30.7 Å². The Balaban J connectivity index is 1.84. The number of hydrogen-bond acceptors (Lipinski definition) is 2. The molecule has 32 heavy (non-hydrogen) atoms. The van der Waals surface area contributed by atoms with Gasteiger partial charge < -0.3 is 10.6 Å². The fraction of sp³-hybridized carbons (Fsp3) is 0.227. The number of aliphatic imine (C=N–C) groups is 1. The Morgan fingerprint density at radius 3 is 2.53 bits per heavy atom. The summed E-state index contributed by atoms with van der Waals surface area (Å²) in [6.07, 6.45) is 0.899. The topological polar surface area (TPSA) is 82.2 Å².